The number of amides is 1. The van der Waals surface area contributed by atoms with E-state index in [2.05, 4.69) is 21.9 Å². The molecule has 2 aliphatic heterocycles. The van der Waals surface area contributed by atoms with Gasteiger partial charge in [-0.15, -0.1) is 0 Å². The largest absolute Gasteiger partial charge is 0.342 e. The minimum atomic E-state index is 0.268. The van der Waals surface area contributed by atoms with Crippen LogP contribution in [-0.2, 0) is 18.3 Å². The number of carbonyl (C=O) groups is 1. The second-order valence-corrected chi connectivity index (χ2v) is 7.36. The average molecular weight is 304 g/mol. The summed E-state index contributed by atoms with van der Waals surface area (Å²) in [7, 11) is 4.15. The molecule has 0 N–H and O–H groups in total. The second-order valence-electron chi connectivity index (χ2n) is 7.36. The first-order valence-electron chi connectivity index (χ1n) is 8.36. The topological polar surface area (TPSA) is 41.4 Å². The van der Waals surface area contributed by atoms with Crippen molar-refractivity contribution in [2.75, 3.05) is 33.2 Å². The summed E-state index contributed by atoms with van der Waals surface area (Å²) < 4.78 is 1.87. The Morgan fingerprint density at radius 1 is 1.18 bits per heavy atom. The Morgan fingerprint density at radius 3 is 2.59 bits per heavy atom. The third-order valence-corrected chi connectivity index (χ3v) is 5.63. The van der Waals surface area contributed by atoms with Crippen LogP contribution in [0.1, 0.15) is 36.2 Å². The Labute approximate surface area is 133 Å². The first-order valence-corrected chi connectivity index (χ1v) is 8.36. The molecule has 2 aliphatic rings. The molecule has 1 unspecified atom stereocenters. The SMILES string of the molecule is Cc1nn(C)c(C)c1CC(=O)N1CCC2(CCCN(C)C2)C1. The number of likely N-dealkylation sites (tertiary alicyclic amines) is 2. The maximum absolute atomic E-state index is 12.7. The molecule has 3 rings (SSSR count). The van der Waals surface area contributed by atoms with Crippen LogP contribution in [0.25, 0.3) is 0 Å². The van der Waals surface area contributed by atoms with E-state index in [4.69, 9.17) is 0 Å². The lowest BCUT2D eigenvalue weighted by molar-refractivity contribution is -0.130. The van der Waals surface area contributed by atoms with Crippen molar-refractivity contribution in [2.24, 2.45) is 12.5 Å². The molecule has 0 saturated carbocycles. The molecule has 0 bridgehead atoms. The predicted octanol–water partition coefficient (Wildman–Crippen LogP) is 1.52. The summed E-state index contributed by atoms with van der Waals surface area (Å²) in [4.78, 5) is 17.2. The molecule has 1 spiro atoms. The first kappa shape index (κ1) is 15.5. The Hall–Kier alpha value is -1.36. The highest BCUT2D eigenvalue weighted by atomic mass is 16.2. The van der Waals surface area contributed by atoms with Gasteiger partial charge in [0.05, 0.1) is 12.1 Å². The molecule has 1 aromatic heterocycles. The summed E-state index contributed by atoms with van der Waals surface area (Å²) in [6.45, 7) is 8.24. The summed E-state index contributed by atoms with van der Waals surface area (Å²) in [5.74, 6) is 0.268. The first-order chi connectivity index (χ1) is 10.4. The summed E-state index contributed by atoms with van der Waals surface area (Å²) in [6.07, 6.45) is 4.19. The summed E-state index contributed by atoms with van der Waals surface area (Å²) in [5, 5.41) is 4.42. The molecule has 2 fully saturated rings. The molecular weight excluding hydrogens is 276 g/mol. The molecule has 3 heterocycles. The van der Waals surface area contributed by atoms with Crippen molar-refractivity contribution in [3.63, 3.8) is 0 Å². The van der Waals surface area contributed by atoms with Crippen molar-refractivity contribution in [3.05, 3.63) is 17.0 Å². The highest BCUT2D eigenvalue weighted by Crippen LogP contribution is 2.38. The van der Waals surface area contributed by atoms with Crippen LogP contribution in [0.4, 0.5) is 0 Å². The number of aromatic nitrogens is 2. The number of rotatable bonds is 2. The third-order valence-electron chi connectivity index (χ3n) is 5.63. The van der Waals surface area contributed by atoms with E-state index in [0.29, 0.717) is 11.8 Å². The van der Waals surface area contributed by atoms with Gasteiger partial charge in [0.2, 0.25) is 5.91 Å². The van der Waals surface area contributed by atoms with Gasteiger partial charge in [-0.3, -0.25) is 9.48 Å². The monoisotopic (exact) mass is 304 g/mol. The van der Waals surface area contributed by atoms with Gasteiger partial charge in [0.25, 0.3) is 0 Å². The van der Waals surface area contributed by atoms with Crippen LogP contribution in [-0.4, -0.2) is 58.7 Å². The van der Waals surface area contributed by atoms with Gasteiger partial charge in [-0.25, -0.2) is 0 Å². The Bertz CT molecular complexity index is 579. The van der Waals surface area contributed by atoms with Gasteiger partial charge >= 0.3 is 0 Å². The van der Waals surface area contributed by atoms with Crippen molar-refractivity contribution >= 4 is 5.91 Å². The Morgan fingerprint density at radius 2 is 1.95 bits per heavy atom. The van der Waals surface area contributed by atoms with Crippen molar-refractivity contribution in [2.45, 2.75) is 39.5 Å². The van der Waals surface area contributed by atoms with Gasteiger partial charge in [0.15, 0.2) is 0 Å². The van der Waals surface area contributed by atoms with Crippen molar-refractivity contribution in [1.29, 1.82) is 0 Å². The number of aryl methyl sites for hydroxylation is 2. The molecule has 0 aromatic carbocycles. The summed E-state index contributed by atoms with van der Waals surface area (Å²) >= 11 is 0. The smallest absolute Gasteiger partial charge is 0.227 e. The molecule has 1 atom stereocenters. The fourth-order valence-corrected chi connectivity index (χ4v) is 4.27. The van der Waals surface area contributed by atoms with Crippen molar-refractivity contribution in [3.8, 4) is 0 Å². The predicted molar refractivity (Wildman–Crippen MR) is 86.7 cm³/mol. The van der Waals surface area contributed by atoms with Crippen LogP contribution in [0.2, 0.25) is 0 Å². The normalized spacial score (nSPS) is 26.1. The number of hydrogen-bond acceptors (Lipinski definition) is 3. The molecular formula is C17H28N4O. The maximum Gasteiger partial charge on any atom is 0.227 e. The molecule has 2 saturated heterocycles. The van der Waals surface area contributed by atoms with E-state index in [0.717, 1.165) is 43.0 Å². The number of hydrogen-bond donors (Lipinski definition) is 0. The maximum atomic E-state index is 12.7. The fraction of sp³-hybridized carbons (Fsp3) is 0.765. The second kappa shape index (κ2) is 5.69. The minimum absolute atomic E-state index is 0.268. The van der Waals surface area contributed by atoms with E-state index < -0.39 is 0 Å². The molecule has 122 valence electrons. The van der Waals surface area contributed by atoms with Gasteiger partial charge < -0.3 is 9.80 Å². The van der Waals surface area contributed by atoms with Gasteiger partial charge in [-0.1, -0.05) is 0 Å². The van der Waals surface area contributed by atoms with E-state index in [1.807, 2.05) is 25.6 Å². The van der Waals surface area contributed by atoms with Crippen LogP contribution in [0.3, 0.4) is 0 Å². The molecule has 5 heteroatoms. The summed E-state index contributed by atoms with van der Waals surface area (Å²) in [6, 6.07) is 0. The standard InChI is InChI=1S/C17H28N4O/c1-13-15(14(2)20(4)18-13)10-16(22)21-9-7-17(12-21)6-5-8-19(3)11-17/h5-12H2,1-4H3. The zero-order valence-electron chi connectivity index (χ0n) is 14.4. The van der Waals surface area contributed by atoms with E-state index in [1.165, 1.54) is 19.4 Å². The van der Waals surface area contributed by atoms with Crippen LogP contribution < -0.4 is 0 Å². The minimum Gasteiger partial charge on any atom is -0.342 e. The Kier molecular flexibility index (Phi) is 4.02. The number of nitrogens with zero attached hydrogens (tertiary/aromatic N) is 4. The van der Waals surface area contributed by atoms with Crippen LogP contribution in [0.15, 0.2) is 0 Å². The Balaban J connectivity index is 1.67. The van der Waals surface area contributed by atoms with E-state index >= 15 is 0 Å². The number of piperidine rings is 1. The number of carbonyl (C=O) groups excluding carboxylic acids is 1. The fourth-order valence-electron chi connectivity index (χ4n) is 4.27. The van der Waals surface area contributed by atoms with Crippen LogP contribution >= 0.6 is 0 Å². The quantitative estimate of drug-likeness (QED) is 0.832. The highest BCUT2D eigenvalue weighted by Gasteiger charge is 2.42. The van der Waals surface area contributed by atoms with E-state index in [1.54, 1.807) is 0 Å². The van der Waals surface area contributed by atoms with Crippen molar-refractivity contribution in [1.82, 2.24) is 19.6 Å². The van der Waals surface area contributed by atoms with Gasteiger partial charge in [0.1, 0.15) is 0 Å². The summed E-state index contributed by atoms with van der Waals surface area (Å²) in [5.41, 5.74) is 3.55. The molecule has 1 amide bonds. The molecule has 1 aromatic rings. The van der Waals surface area contributed by atoms with Gasteiger partial charge in [0, 0.05) is 43.4 Å². The van der Waals surface area contributed by atoms with Gasteiger partial charge in [-0.05, 0) is 46.7 Å². The van der Waals surface area contributed by atoms with Crippen molar-refractivity contribution < 1.29 is 4.79 Å². The van der Waals surface area contributed by atoms with E-state index in [-0.39, 0.29) is 5.91 Å². The molecule has 0 radical (unpaired) electrons. The zero-order valence-corrected chi connectivity index (χ0v) is 14.4. The van der Waals surface area contributed by atoms with Crippen LogP contribution in [0.5, 0.6) is 0 Å². The lowest BCUT2D eigenvalue weighted by Crippen LogP contribution is -2.43. The van der Waals surface area contributed by atoms with Gasteiger partial charge in [-0.2, -0.15) is 5.10 Å². The molecule has 5 nitrogen and oxygen atoms in total. The molecule has 22 heavy (non-hydrogen) atoms. The average Bonchev–Trinajstić information content (AvgIpc) is 2.96. The third kappa shape index (κ3) is 2.78. The lowest BCUT2D eigenvalue weighted by Gasteiger charge is -2.38. The zero-order chi connectivity index (χ0) is 15.9. The van der Waals surface area contributed by atoms with Crippen LogP contribution in [0, 0.1) is 19.3 Å². The lowest BCUT2D eigenvalue weighted by atomic mass is 9.79. The highest BCUT2D eigenvalue weighted by molar-refractivity contribution is 5.79. The van der Waals surface area contributed by atoms with E-state index in [9.17, 15) is 4.79 Å². The molecule has 0 aliphatic carbocycles.